The highest BCUT2D eigenvalue weighted by molar-refractivity contribution is 9.12. The summed E-state index contributed by atoms with van der Waals surface area (Å²) in [7, 11) is 0. The summed E-state index contributed by atoms with van der Waals surface area (Å²) in [5.41, 5.74) is 0. The highest BCUT2D eigenvalue weighted by Crippen LogP contribution is 2.10. The maximum atomic E-state index is 10.6. The minimum Gasteiger partial charge on any atom is -0.290 e. The third-order valence-electron chi connectivity index (χ3n) is 2.55. The molecule has 6 nitrogen and oxygen atoms in total. The number of rotatable bonds is 0. The van der Waals surface area contributed by atoms with Crippen LogP contribution in [0.2, 0.25) is 0 Å². The van der Waals surface area contributed by atoms with Gasteiger partial charge in [0.25, 0.3) is 0 Å². The Morgan fingerprint density at radius 3 is 0.960 bits per heavy atom. The molecular weight excluding hydrogens is 392 g/mol. The molecular formula is C18H11BrO6. The molecule has 0 saturated heterocycles. The van der Waals surface area contributed by atoms with Crippen LogP contribution in [-0.4, -0.2) is 34.7 Å². The largest absolute Gasteiger partial charge is 0.290 e. The van der Waals surface area contributed by atoms with Crippen molar-refractivity contribution in [2.24, 2.45) is 0 Å². The summed E-state index contributed by atoms with van der Waals surface area (Å²) in [6, 6.07) is 0. The molecule has 0 aromatic carbocycles. The number of carbonyl (C=O) groups is 6. The van der Waals surface area contributed by atoms with Crippen LogP contribution < -0.4 is 0 Å². The van der Waals surface area contributed by atoms with Gasteiger partial charge in [-0.1, -0.05) is 0 Å². The predicted octanol–water partition coefficient (Wildman–Crippen LogP) is 1.47. The first-order valence-electron chi connectivity index (χ1n) is 6.79. The fraction of sp³-hybridized carbons (Fsp3) is 0. The highest BCUT2D eigenvalue weighted by atomic mass is 79.9. The van der Waals surface area contributed by atoms with Gasteiger partial charge in [-0.05, 0) is 76.7 Å². The average molecular weight is 403 g/mol. The Bertz CT molecular complexity index is 699. The van der Waals surface area contributed by atoms with Crippen LogP contribution in [-0.2, 0) is 28.8 Å². The van der Waals surface area contributed by atoms with Crippen LogP contribution in [0.15, 0.2) is 71.3 Å². The first-order valence-corrected chi connectivity index (χ1v) is 7.59. The molecule has 0 fully saturated rings. The lowest BCUT2D eigenvalue weighted by molar-refractivity contribution is -0.114. The summed E-state index contributed by atoms with van der Waals surface area (Å²) >= 11 is 2.93. The van der Waals surface area contributed by atoms with E-state index >= 15 is 0 Å². The van der Waals surface area contributed by atoms with Crippen molar-refractivity contribution >= 4 is 50.6 Å². The van der Waals surface area contributed by atoms with Crippen molar-refractivity contribution in [2.45, 2.75) is 0 Å². The number of ketones is 6. The maximum absolute atomic E-state index is 10.6. The fourth-order valence-corrected chi connectivity index (χ4v) is 1.72. The number of hydrogen-bond acceptors (Lipinski definition) is 6. The molecule has 0 heterocycles. The Kier molecular flexibility index (Phi) is 7.95. The quantitative estimate of drug-likeness (QED) is 0.568. The van der Waals surface area contributed by atoms with E-state index in [1.165, 1.54) is 66.8 Å². The summed E-state index contributed by atoms with van der Waals surface area (Å²) in [5, 5.41) is 0. The molecule has 3 rings (SSSR count). The summed E-state index contributed by atoms with van der Waals surface area (Å²) in [6.07, 6.45) is 13.8. The molecule has 7 heteroatoms. The van der Waals surface area contributed by atoms with Gasteiger partial charge < -0.3 is 0 Å². The van der Waals surface area contributed by atoms with Gasteiger partial charge in [-0.2, -0.15) is 0 Å². The lowest BCUT2D eigenvalue weighted by atomic mass is 10.2. The Morgan fingerprint density at radius 2 is 0.720 bits per heavy atom. The minimum absolute atomic E-state index is 0.121. The summed E-state index contributed by atoms with van der Waals surface area (Å²) in [4.78, 5) is 62.2. The average Bonchev–Trinajstić information content (AvgIpc) is 2.58. The Balaban J connectivity index is 0.000000188. The van der Waals surface area contributed by atoms with Crippen molar-refractivity contribution in [3.63, 3.8) is 0 Å². The topological polar surface area (TPSA) is 102 Å². The van der Waals surface area contributed by atoms with E-state index in [2.05, 4.69) is 15.9 Å². The van der Waals surface area contributed by atoms with Gasteiger partial charge >= 0.3 is 0 Å². The van der Waals surface area contributed by atoms with E-state index < -0.39 is 0 Å². The maximum Gasteiger partial charge on any atom is 0.193 e. The van der Waals surface area contributed by atoms with E-state index in [0.717, 1.165) is 0 Å². The molecule has 0 N–H and O–H groups in total. The van der Waals surface area contributed by atoms with E-state index in [1.807, 2.05) is 0 Å². The van der Waals surface area contributed by atoms with Gasteiger partial charge in [0.15, 0.2) is 34.7 Å². The lowest BCUT2D eigenvalue weighted by Gasteiger charge is -1.95. The van der Waals surface area contributed by atoms with E-state index in [0.29, 0.717) is 4.48 Å². The van der Waals surface area contributed by atoms with E-state index in [-0.39, 0.29) is 34.7 Å². The molecule has 0 aromatic rings. The zero-order valence-corrected chi connectivity index (χ0v) is 14.3. The molecule has 0 aliphatic heterocycles. The van der Waals surface area contributed by atoms with E-state index in [9.17, 15) is 28.8 Å². The van der Waals surface area contributed by atoms with Crippen LogP contribution >= 0.6 is 15.9 Å². The molecule has 0 bridgehead atoms. The molecule has 3 aliphatic carbocycles. The standard InChI is InChI=1S/C6H3BrO2.2C6H4O2/c7-5-3-4(8)1-2-6(5)9;2*7-5-1-2-6(8)4-3-5/h1-3H;2*1-4H. The Morgan fingerprint density at radius 1 is 0.440 bits per heavy atom. The van der Waals surface area contributed by atoms with Crippen LogP contribution in [0.4, 0.5) is 0 Å². The number of hydrogen-bond donors (Lipinski definition) is 0. The van der Waals surface area contributed by atoms with Gasteiger partial charge in [-0.3, -0.25) is 28.8 Å². The lowest BCUT2D eigenvalue weighted by Crippen LogP contribution is -2.01. The summed E-state index contributed by atoms with van der Waals surface area (Å²) in [5.74, 6) is -0.792. The van der Waals surface area contributed by atoms with Gasteiger partial charge in [0.2, 0.25) is 0 Å². The molecule has 126 valence electrons. The molecule has 0 aromatic heterocycles. The van der Waals surface area contributed by atoms with Crippen LogP contribution in [0.3, 0.4) is 0 Å². The molecule has 0 spiro atoms. The van der Waals surface area contributed by atoms with Gasteiger partial charge in [-0.15, -0.1) is 0 Å². The Hall–Kier alpha value is -3.06. The van der Waals surface area contributed by atoms with Crippen LogP contribution in [0, 0.1) is 0 Å². The minimum atomic E-state index is -0.158. The third-order valence-corrected chi connectivity index (χ3v) is 3.17. The molecule has 25 heavy (non-hydrogen) atoms. The molecule has 0 saturated carbocycles. The first kappa shape index (κ1) is 20.0. The van der Waals surface area contributed by atoms with Crippen molar-refractivity contribution in [1.29, 1.82) is 0 Å². The van der Waals surface area contributed by atoms with Crippen molar-refractivity contribution in [2.75, 3.05) is 0 Å². The SMILES string of the molecule is O=C1C=CC(=O)C(Br)=C1.O=C1C=CC(=O)C=C1.O=C1C=CC(=O)C=C1. The second-order valence-electron chi connectivity index (χ2n) is 4.54. The van der Waals surface area contributed by atoms with Crippen molar-refractivity contribution in [3.05, 3.63) is 71.3 Å². The molecule has 0 atom stereocenters. The number of halogens is 1. The second kappa shape index (κ2) is 9.94. The normalized spacial score (nSPS) is 17.7. The van der Waals surface area contributed by atoms with Crippen LogP contribution in [0.5, 0.6) is 0 Å². The van der Waals surface area contributed by atoms with Crippen molar-refractivity contribution in [1.82, 2.24) is 0 Å². The third kappa shape index (κ3) is 8.38. The van der Waals surface area contributed by atoms with Gasteiger partial charge in [0, 0.05) is 6.08 Å². The summed E-state index contributed by atoms with van der Waals surface area (Å²) in [6.45, 7) is 0. The Labute approximate surface area is 151 Å². The first-order chi connectivity index (χ1) is 11.8. The monoisotopic (exact) mass is 402 g/mol. The van der Waals surface area contributed by atoms with Crippen molar-refractivity contribution in [3.8, 4) is 0 Å². The van der Waals surface area contributed by atoms with Gasteiger partial charge in [0.05, 0.1) is 4.48 Å². The zero-order chi connectivity index (χ0) is 18.8. The second-order valence-corrected chi connectivity index (χ2v) is 5.39. The highest BCUT2D eigenvalue weighted by Gasteiger charge is 2.08. The van der Waals surface area contributed by atoms with Gasteiger partial charge in [-0.25, -0.2) is 0 Å². The van der Waals surface area contributed by atoms with Crippen LogP contribution in [0.1, 0.15) is 0 Å². The van der Waals surface area contributed by atoms with E-state index in [4.69, 9.17) is 0 Å². The van der Waals surface area contributed by atoms with Crippen molar-refractivity contribution < 1.29 is 28.8 Å². The predicted molar refractivity (Wildman–Crippen MR) is 92.8 cm³/mol. The molecule has 0 unspecified atom stereocenters. The molecule has 0 radical (unpaired) electrons. The van der Waals surface area contributed by atoms with Crippen LogP contribution in [0.25, 0.3) is 0 Å². The smallest absolute Gasteiger partial charge is 0.193 e. The fourth-order valence-electron chi connectivity index (χ4n) is 1.36. The molecule has 0 amide bonds. The molecule has 3 aliphatic rings. The number of carbonyl (C=O) groups excluding carboxylic acids is 6. The van der Waals surface area contributed by atoms with E-state index in [1.54, 1.807) is 0 Å². The number of allylic oxidation sites excluding steroid dienone is 12. The zero-order valence-electron chi connectivity index (χ0n) is 12.7. The van der Waals surface area contributed by atoms with Gasteiger partial charge in [0.1, 0.15) is 0 Å². The summed E-state index contributed by atoms with van der Waals surface area (Å²) < 4.78 is 0.329.